The number of oxazole rings is 1. The van der Waals surface area contributed by atoms with Crippen LogP contribution in [0.15, 0.2) is 35.0 Å². The fourth-order valence-electron chi connectivity index (χ4n) is 5.99. The van der Waals surface area contributed by atoms with Gasteiger partial charge in [0, 0.05) is 39.1 Å². The lowest BCUT2D eigenvalue weighted by Gasteiger charge is -2.43. The van der Waals surface area contributed by atoms with Crippen molar-refractivity contribution in [2.24, 2.45) is 5.41 Å². The highest BCUT2D eigenvalue weighted by Crippen LogP contribution is 2.40. The van der Waals surface area contributed by atoms with Crippen LogP contribution < -0.4 is 0 Å². The maximum Gasteiger partial charge on any atom is 0.305 e. The number of aromatic nitrogens is 1. The monoisotopic (exact) mass is 828 g/mol. The van der Waals surface area contributed by atoms with Crippen molar-refractivity contribution in [3.63, 3.8) is 0 Å². The predicted octanol–water partition coefficient (Wildman–Crippen LogP) is 10.9. The number of carboxylic acid groups (broad SMARTS) is 1. The number of aliphatic hydroxyl groups excluding tert-OH is 1. The van der Waals surface area contributed by atoms with E-state index in [-0.39, 0.29) is 34.8 Å². The average Bonchev–Trinajstić information content (AvgIpc) is 3.54. The fraction of sp³-hybridized carbons (Fsp3) is 0.810. The van der Waals surface area contributed by atoms with E-state index < -0.39 is 48.5 Å². The van der Waals surface area contributed by atoms with Gasteiger partial charge in [-0.3, -0.25) is 4.79 Å². The molecule has 55 heavy (non-hydrogen) atoms. The Bertz CT molecular complexity index is 1320. The number of hydrogen-bond donors (Lipinski definition) is 2. The molecule has 1 rings (SSSR count). The van der Waals surface area contributed by atoms with Crippen molar-refractivity contribution in [2.45, 2.75) is 193 Å². The van der Waals surface area contributed by atoms with Crippen LogP contribution in [0.2, 0.25) is 54.4 Å². The third kappa shape index (κ3) is 16.0. The van der Waals surface area contributed by atoms with Crippen molar-refractivity contribution in [2.75, 3.05) is 20.8 Å². The Hall–Kier alpha value is -1.43. The van der Waals surface area contributed by atoms with E-state index in [2.05, 4.69) is 102 Å². The van der Waals surface area contributed by atoms with E-state index >= 15 is 0 Å². The lowest BCUT2D eigenvalue weighted by Crippen LogP contribution is -2.51. The fourth-order valence-corrected chi connectivity index (χ4v) is 11.4. The Balaban J connectivity index is 3.13. The molecule has 0 aromatic carbocycles. The van der Waals surface area contributed by atoms with Gasteiger partial charge in [0.25, 0.3) is 0 Å². The van der Waals surface area contributed by atoms with E-state index in [0.29, 0.717) is 43.9 Å². The van der Waals surface area contributed by atoms with Crippen molar-refractivity contribution >= 4 is 30.9 Å². The number of nitrogens with zero attached hydrogens (tertiary/aromatic N) is 1. The van der Waals surface area contributed by atoms with Gasteiger partial charge in [-0.2, -0.15) is 0 Å². The Morgan fingerprint density at radius 3 is 1.96 bits per heavy atom. The van der Waals surface area contributed by atoms with Crippen LogP contribution in [0.5, 0.6) is 0 Å². The Kier molecular flexibility index (Phi) is 20.7. The van der Waals surface area contributed by atoms with E-state index in [1.165, 1.54) is 0 Å². The number of aliphatic hydroxyl groups is 1. The summed E-state index contributed by atoms with van der Waals surface area (Å²) in [7, 11) is -2.87. The normalized spacial score (nSPS) is 16.8. The molecule has 1 aromatic rings. The SMILES string of the molecule is CC[Si](CC)(CC)O[C@@H](Cc1nc([C@H](C/C=C/C=C/[C@@H](C[C@@H](CC(=O)O)O[Si](C)(C)C(C)(C)C)OC)OC)co1)C(C)(C)[C@@H](O)CCO[Si](C)(C)C(C)(C)C. The lowest BCUT2D eigenvalue weighted by atomic mass is 9.78. The summed E-state index contributed by atoms with van der Waals surface area (Å²) >= 11 is 0. The zero-order chi connectivity index (χ0) is 42.5. The predicted molar refractivity (Wildman–Crippen MR) is 232 cm³/mol. The van der Waals surface area contributed by atoms with Crippen LogP contribution in [-0.2, 0) is 34.0 Å². The van der Waals surface area contributed by atoms with E-state index in [4.69, 9.17) is 32.2 Å². The molecule has 0 fully saturated rings. The highest BCUT2D eigenvalue weighted by Gasteiger charge is 2.44. The summed E-state index contributed by atoms with van der Waals surface area (Å²) in [5.41, 5.74) is 0.119. The zero-order valence-corrected chi connectivity index (χ0v) is 40.8. The molecule has 0 unspecified atom stereocenters. The number of allylic oxidation sites excluding steroid dienone is 2. The minimum absolute atomic E-state index is 0.0328. The van der Waals surface area contributed by atoms with E-state index in [0.717, 1.165) is 18.1 Å². The molecular formula is C42H81NO9Si3. The summed E-state index contributed by atoms with van der Waals surface area (Å²) < 4.78 is 37.6. The molecule has 0 spiro atoms. The molecule has 0 bridgehead atoms. The number of carbonyl (C=O) groups is 1. The molecule has 2 N–H and O–H groups in total. The van der Waals surface area contributed by atoms with Gasteiger partial charge in [0.2, 0.25) is 0 Å². The van der Waals surface area contributed by atoms with Crippen molar-refractivity contribution in [1.82, 2.24) is 4.98 Å². The minimum Gasteiger partial charge on any atom is -0.481 e. The lowest BCUT2D eigenvalue weighted by molar-refractivity contribution is -0.139. The molecule has 0 aliphatic rings. The number of ether oxygens (including phenoxy) is 2. The van der Waals surface area contributed by atoms with Crippen molar-refractivity contribution in [1.29, 1.82) is 0 Å². The molecule has 0 aliphatic heterocycles. The summed E-state index contributed by atoms with van der Waals surface area (Å²) in [6.07, 6.45) is 9.37. The molecule has 0 saturated heterocycles. The molecule has 320 valence electrons. The Morgan fingerprint density at radius 1 is 0.891 bits per heavy atom. The molecule has 10 nitrogen and oxygen atoms in total. The van der Waals surface area contributed by atoms with Gasteiger partial charge in [0.05, 0.1) is 30.8 Å². The molecule has 13 heteroatoms. The summed E-state index contributed by atoms with van der Waals surface area (Å²) in [6, 6.07) is 3.00. The van der Waals surface area contributed by atoms with Crippen molar-refractivity contribution < 1.29 is 42.2 Å². The highest BCUT2D eigenvalue weighted by molar-refractivity contribution is 6.74. The van der Waals surface area contributed by atoms with Crippen LogP contribution in [0.25, 0.3) is 0 Å². The first-order valence-electron chi connectivity index (χ1n) is 20.5. The van der Waals surface area contributed by atoms with Crippen molar-refractivity contribution in [3.8, 4) is 0 Å². The number of rotatable bonds is 26. The van der Waals surface area contributed by atoms with Gasteiger partial charge in [-0.15, -0.1) is 0 Å². The van der Waals surface area contributed by atoms with E-state index in [1.54, 1.807) is 20.5 Å². The summed E-state index contributed by atoms with van der Waals surface area (Å²) in [5.74, 6) is -0.317. The average molecular weight is 828 g/mol. The van der Waals surface area contributed by atoms with E-state index in [1.807, 2.05) is 24.3 Å². The highest BCUT2D eigenvalue weighted by atomic mass is 28.4. The van der Waals surface area contributed by atoms with Gasteiger partial charge < -0.3 is 37.4 Å². The van der Waals surface area contributed by atoms with Crippen LogP contribution in [0.1, 0.15) is 120 Å². The smallest absolute Gasteiger partial charge is 0.305 e. The van der Waals surface area contributed by atoms with Gasteiger partial charge in [0.15, 0.2) is 30.8 Å². The molecule has 1 heterocycles. The summed E-state index contributed by atoms with van der Waals surface area (Å²) in [5, 5.41) is 21.3. The van der Waals surface area contributed by atoms with Gasteiger partial charge in [-0.1, -0.05) is 100 Å². The van der Waals surface area contributed by atoms with E-state index in [9.17, 15) is 15.0 Å². The molecule has 5 atom stereocenters. The molecule has 0 radical (unpaired) electrons. The van der Waals surface area contributed by atoms with Crippen LogP contribution in [0.4, 0.5) is 0 Å². The van der Waals surface area contributed by atoms with Gasteiger partial charge in [0.1, 0.15) is 18.1 Å². The van der Waals surface area contributed by atoms with Crippen LogP contribution >= 0.6 is 0 Å². The number of methoxy groups -OCH3 is 2. The third-order valence-electron chi connectivity index (χ3n) is 12.6. The zero-order valence-electron chi connectivity index (χ0n) is 37.8. The van der Waals surface area contributed by atoms with Crippen LogP contribution in [0.3, 0.4) is 0 Å². The first-order chi connectivity index (χ1) is 25.2. The van der Waals surface area contributed by atoms with Gasteiger partial charge >= 0.3 is 5.97 Å². The maximum absolute atomic E-state index is 11.7. The number of carboxylic acids is 1. The van der Waals surface area contributed by atoms with Gasteiger partial charge in [-0.05, 0) is 67.2 Å². The molecule has 0 amide bonds. The second-order valence-electron chi connectivity index (χ2n) is 18.8. The second-order valence-corrected chi connectivity index (χ2v) is 33.1. The summed E-state index contributed by atoms with van der Waals surface area (Å²) in [4.78, 5) is 16.5. The second kappa shape index (κ2) is 22.1. The van der Waals surface area contributed by atoms with Gasteiger partial charge in [-0.25, -0.2) is 4.98 Å². The standard InChI is InChI=1S/C42H81NO9Si3/c1-18-55(19-2,20-3)52-37(42(10,11)36(44)26-27-50-53(14,15)40(4,5)6)30-38-43-34(31-49-38)35(48-13)25-23-21-22-24-32(47-12)28-33(29-39(45)46)51-54(16,17)41(7,8)9/h21-24,31-33,35-37,44H,18-20,25-30H2,1-17H3,(H,45,46)/b23-21+,24-22+/t32-,33-,35-,36-,37-/m0/s1. The number of aliphatic carboxylic acids is 1. The first-order valence-corrected chi connectivity index (χ1v) is 28.8. The topological polar surface area (TPSA) is 130 Å². The summed E-state index contributed by atoms with van der Waals surface area (Å²) in [6.45, 7) is 33.2. The van der Waals surface area contributed by atoms with Crippen molar-refractivity contribution in [3.05, 3.63) is 42.2 Å². The Morgan fingerprint density at radius 2 is 1.47 bits per heavy atom. The third-order valence-corrected chi connectivity index (χ3v) is 26.3. The maximum atomic E-state index is 11.7. The first kappa shape index (κ1) is 51.6. The molecule has 1 aromatic heterocycles. The molecule has 0 aliphatic carbocycles. The molecule has 0 saturated carbocycles. The van der Waals surface area contributed by atoms with Crippen LogP contribution in [-0.4, -0.2) is 91.4 Å². The molecular weight excluding hydrogens is 747 g/mol. The quantitative estimate of drug-likeness (QED) is 0.0687. The largest absolute Gasteiger partial charge is 0.481 e. The minimum atomic E-state index is -2.17. The number of hydrogen-bond acceptors (Lipinski definition) is 9. The Labute approximate surface area is 338 Å². The van der Waals surface area contributed by atoms with Crippen LogP contribution in [0, 0.1) is 5.41 Å².